The average molecular weight is 539 g/mol. The third-order valence-electron chi connectivity index (χ3n) is 6.47. The van der Waals surface area contributed by atoms with Crippen molar-refractivity contribution in [3.8, 4) is 11.5 Å². The van der Waals surface area contributed by atoms with Crippen LogP contribution in [0.15, 0.2) is 53.4 Å². The summed E-state index contributed by atoms with van der Waals surface area (Å²) in [5.41, 5.74) is 1.63. The Bertz CT molecular complexity index is 884. The standard InChI is InChI=1S/C34H50O3S/c1-4-7-9-11-13-15-23-36-31-26-29(27-32(28-31)37-24-16-14-12-10-8-5-2)17-22-34(35)30-18-20-33(21-19-30)38-25-6-3/h17-22,26-28H,4-16,23-25H2,1-3H3/b22-17+. The first-order valence-electron chi connectivity index (χ1n) is 15.0. The molecular formula is C34H50O3S. The second-order valence-electron chi connectivity index (χ2n) is 10.0. The summed E-state index contributed by atoms with van der Waals surface area (Å²) in [6.45, 7) is 8.08. The molecule has 0 radical (unpaired) electrons. The van der Waals surface area contributed by atoms with E-state index in [0.717, 1.165) is 42.1 Å². The van der Waals surface area contributed by atoms with Crippen molar-refractivity contribution in [3.63, 3.8) is 0 Å². The average Bonchev–Trinajstić information content (AvgIpc) is 2.94. The number of thioether (sulfide) groups is 1. The molecule has 0 aliphatic carbocycles. The van der Waals surface area contributed by atoms with E-state index in [9.17, 15) is 4.79 Å². The highest BCUT2D eigenvalue weighted by atomic mass is 32.2. The van der Waals surface area contributed by atoms with Crippen LogP contribution >= 0.6 is 11.8 Å². The van der Waals surface area contributed by atoms with Crippen LogP contribution in [0.4, 0.5) is 0 Å². The van der Waals surface area contributed by atoms with E-state index < -0.39 is 0 Å². The van der Waals surface area contributed by atoms with Gasteiger partial charge < -0.3 is 9.47 Å². The lowest BCUT2D eigenvalue weighted by Crippen LogP contribution is -2.01. The minimum atomic E-state index is 0.00462. The maximum absolute atomic E-state index is 12.8. The Balaban J connectivity index is 1.97. The van der Waals surface area contributed by atoms with E-state index in [0.29, 0.717) is 18.8 Å². The highest BCUT2D eigenvalue weighted by Crippen LogP contribution is 2.25. The predicted octanol–water partition coefficient (Wildman–Crippen LogP) is 10.6. The maximum atomic E-state index is 12.8. The van der Waals surface area contributed by atoms with Gasteiger partial charge >= 0.3 is 0 Å². The fraction of sp³-hybridized carbons (Fsp3) is 0.559. The molecule has 38 heavy (non-hydrogen) atoms. The molecule has 2 aromatic carbocycles. The van der Waals surface area contributed by atoms with Crippen LogP contribution in [0.5, 0.6) is 11.5 Å². The molecule has 0 aromatic heterocycles. The van der Waals surface area contributed by atoms with Gasteiger partial charge in [-0.25, -0.2) is 0 Å². The van der Waals surface area contributed by atoms with Gasteiger partial charge in [0.05, 0.1) is 13.2 Å². The number of unbranched alkanes of at least 4 members (excludes halogenated alkanes) is 10. The number of hydrogen-bond donors (Lipinski definition) is 0. The molecule has 210 valence electrons. The molecule has 2 rings (SSSR count). The number of ether oxygens (including phenoxy) is 2. The Morgan fingerprint density at radius 1 is 0.684 bits per heavy atom. The van der Waals surface area contributed by atoms with Crippen LogP contribution in [0.25, 0.3) is 6.08 Å². The third-order valence-corrected chi connectivity index (χ3v) is 7.69. The van der Waals surface area contributed by atoms with Gasteiger partial charge in [-0.15, -0.1) is 11.8 Å². The van der Waals surface area contributed by atoms with Crippen molar-refractivity contribution in [2.24, 2.45) is 0 Å². The summed E-state index contributed by atoms with van der Waals surface area (Å²) in [6, 6.07) is 13.9. The lowest BCUT2D eigenvalue weighted by Gasteiger charge is -2.12. The van der Waals surface area contributed by atoms with E-state index >= 15 is 0 Å². The summed E-state index contributed by atoms with van der Waals surface area (Å²) in [5, 5.41) is 0. The molecule has 0 aliphatic heterocycles. The SMILES string of the molecule is CCCCCCCCOc1cc(/C=C/C(=O)c2ccc(SCCC)cc2)cc(OCCCCCCCC)c1. The summed E-state index contributed by atoms with van der Waals surface area (Å²) in [4.78, 5) is 14.0. The van der Waals surface area contributed by atoms with Crippen LogP contribution in [-0.4, -0.2) is 24.7 Å². The minimum Gasteiger partial charge on any atom is -0.493 e. The van der Waals surface area contributed by atoms with Crippen molar-refractivity contribution in [2.75, 3.05) is 19.0 Å². The molecule has 0 saturated heterocycles. The second-order valence-corrected chi connectivity index (χ2v) is 11.2. The zero-order chi connectivity index (χ0) is 27.3. The Labute approximate surface area is 236 Å². The van der Waals surface area contributed by atoms with Gasteiger partial charge in [-0.2, -0.15) is 0 Å². The number of ketones is 1. The van der Waals surface area contributed by atoms with Crippen LogP contribution in [0.2, 0.25) is 0 Å². The minimum absolute atomic E-state index is 0.00462. The summed E-state index contributed by atoms with van der Waals surface area (Å²) in [5.74, 6) is 2.71. The molecule has 0 bridgehead atoms. The lowest BCUT2D eigenvalue weighted by atomic mass is 10.1. The first-order chi connectivity index (χ1) is 18.7. The van der Waals surface area contributed by atoms with Gasteiger partial charge in [0.15, 0.2) is 5.78 Å². The molecular weight excluding hydrogens is 488 g/mol. The number of allylic oxidation sites excluding steroid dienone is 1. The number of rotatable bonds is 22. The van der Waals surface area contributed by atoms with E-state index in [4.69, 9.17) is 9.47 Å². The first kappa shape index (κ1) is 32.0. The second kappa shape index (κ2) is 20.7. The van der Waals surface area contributed by atoms with Crippen molar-refractivity contribution in [3.05, 3.63) is 59.7 Å². The topological polar surface area (TPSA) is 35.5 Å². The van der Waals surface area contributed by atoms with Crippen molar-refractivity contribution < 1.29 is 14.3 Å². The van der Waals surface area contributed by atoms with Crippen LogP contribution in [-0.2, 0) is 0 Å². The van der Waals surface area contributed by atoms with Gasteiger partial charge in [0.2, 0.25) is 0 Å². The quantitative estimate of drug-likeness (QED) is 0.0646. The predicted molar refractivity (Wildman–Crippen MR) is 165 cm³/mol. The smallest absolute Gasteiger partial charge is 0.185 e. The summed E-state index contributed by atoms with van der Waals surface area (Å²) in [7, 11) is 0. The van der Waals surface area contributed by atoms with E-state index in [1.54, 1.807) is 6.08 Å². The Morgan fingerprint density at radius 2 is 1.21 bits per heavy atom. The number of carbonyl (C=O) groups excluding carboxylic acids is 1. The van der Waals surface area contributed by atoms with Crippen LogP contribution in [0, 0.1) is 0 Å². The molecule has 0 amide bonds. The van der Waals surface area contributed by atoms with E-state index in [1.165, 1.54) is 69.1 Å². The molecule has 4 heteroatoms. The maximum Gasteiger partial charge on any atom is 0.185 e. The van der Waals surface area contributed by atoms with Gasteiger partial charge in [0, 0.05) is 16.5 Å². The van der Waals surface area contributed by atoms with E-state index in [1.807, 2.05) is 60.3 Å². The largest absolute Gasteiger partial charge is 0.493 e. The summed E-state index contributed by atoms with van der Waals surface area (Å²) >= 11 is 1.82. The number of benzene rings is 2. The van der Waals surface area contributed by atoms with Gasteiger partial charge in [0.1, 0.15) is 11.5 Å². The van der Waals surface area contributed by atoms with Crippen LogP contribution in [0.1, 0.15) is 120 Å². The molecule has 0 N–H and O–H groups in total. The zero-order valence-corrected chi connectivity index (χ0v) is 25.0. The molecule has 0 spiro atoms. The Kier molecular flexibility index (Phi) is 17.5. The molecule has 3 nitrogen and oxygen atoms in total. The van der Waals surface area contributed by atoms with Crippen molar-refractivity contribution >= 4 is 23.6 Å². The lowest BCUT2D eigenvalue weighted by molar-refractivity contribution is 0.104. The van der Waals surface area contributed by atoms with Crippen molar-refractivity contribution in [1.29, 1.82) is 0 Å². The number of carbonyl (C=O) groups is 1. The van der Waals surface area contributed by atoms with Gasteiger partial charge in [-0.05, 0) is 73.1 Å². The molecule has 0 heterocycles. The first-order valence-corrected chi connectivity index (χ1v) is 16.0. The summed E-state index contributed by atoms with van der Waals surface area (Å²) in [6.07, 6.45) is 19.5. The zero-order valence-electron chi connectivity index (χ0n) is 24.1. The Hall–Kier alpha value is -2.20. The Morgan fingerprint density at radius 3 is 1.74 bits per heavy atom. The fourth-order valence-electron chi connectivity index (χ4n) is 4.20. The van der Waals surface area contributed by atoms with Crippen molar-refractivity contribution in [2.45, 2.75) is 109 Å². The fourth-order valence-corrected chi connectivity index (χ4v) is 4.97. The van der Waals surface area contributed by atoms with Crippen molar-refractivity contribution in [1.82, 2.24) is 0 Å². The van der Waals surface area contributed by atoms with Crippen LogP contribution < -0.4 is 9.47 Å². The highest BCUT2D eigenvalue weighted by Gasteiger charge is 2.06. The monoisotopic (exact) mass is 538 g/mol. The summed E-state index contributed by atoms with van der Waals surface area (Å²) < 4.78 is 12.2. The molecule has 0 aliphatic rings. The van der Waals surface area contributed by atoms with Gasteiger partial charge in [-0.1, -0.05) is 91.1 Å². The van der Waals surface area contributed by atoms with E-state index in [-0.39, 0.29) is 5.78 Å². The van der Waals surface area contributed by atoms with E-state index in [2.05, 4.69) is 20.8 Å². The van der Waals surface area contributed by atoms with Crippen LogP contribution in [0.3, 0.4) is 0 Å². The number of hydrogen-bond acceptors (Lipinski definition) is 4. The molecule has 0 unspecified atom stereocenters. The highest BCUT2D eigenvalue weighted by molar-refractivity contribution is 7.99. The third kappa shape index (κ3) is 14.1. The molecule has 0 atom stereocenters. The molecule has 0 fully saturated rings. The molecule has 2 aromatic rings. The van der Waals surface area contributed by atoms with Gasteiger partial charge in [-0.3, -0.25) is 4.79 Å². The molecule has 0 saturated carbocycles. The normalized spacial score (nSPS) is 11.2. The van der Waals surface area contributed by atoms with Gasteiger partial charge in [0.25, 0.3) is 0 Å².